The fourth-order valence-corrected chi connectivity index (χ4v) is 6.55. The molecule has 1 atom stereocenters. The molecule has 0 aliphatic carbocycles. The van der Waals surface area contributed by atoms with Crippen LogP contribution in [0.15, 0.2) is 11.6 Å². The number of hydrogen-bond acceptors (Lipinski definition) is 8. The van der Waals surface area contributed by atoms with Gasteiger partial charge in [-0.3, -0.25) is 9.59 Å². The summed E-state index contributed by atoms with van der Waals surface area (Å²) in [5.41, 5.74) is 1.36. The van der Waals surface area contributed by atoms with Gasteiger partial charge in [0, 0.05) is 32.6 Å². The summed E-state index contributed by atoms with van der Waals surface area (Å²) in [5.74, 6) is 0.354. The molecule has 0 radical (unpaired) electrons. The molecule has 0 aliphatic heterocycles. The van der Waals surface area contributed by atoms with Gasteiger partial charge >= 0.3 is 11.9 Å². The second-order valence-corrected chi connectivity index (χ2v) is 15.9. The van der Waals surface area contributed by atoms with Crippen molar-refractivity contribution in [1.29, 1.82) is 0 Å². The molecule has 54 heavy (non-hydrogen) atoms. The van der Waals surface area contributed by atoms with Crippen molar-refractivity contribution in [3.05, 3.63) is 11.6 Å². The van der Waals surface area contributed by atoms with Gasteiger partial charge in [-0.15, -0.1) is 0 Å². The summed E-state index contributed by atoms with van der Waals surface area (Å²) in [7, 11) is 0. The van der Waals surface area contributed by atoms with E-state index in [9.17, 15) is 14.7 Å². The van der Waals surface area contributed by atoms with Gasteiger partial charge in [0.25, 0.3) is 0 Å². The standard InChI is InChI=1S/C46H89NO7/c1-6-8-10-12-18-25-39-53-46(54-40-26-19-13-11-9-7-2)32-31-45(50)51-38-24-20-17-23-35-47(36-37-48)34-22-16-14-15-21-30-44(49)52-41-33-43(5)29-27-28-42(3)4/h28,43,46,48H,6-27,29-41H2,1-5H3. The quantitative estimate of drug-likeness (QED) is 0.0284. The largest absolute Gasteiger partial charge is 0.466 e. The average molecular weight is 768 g/mol. The summed E-state index contributed by atoms with van der Waals surface area (Å²) in [4.78, 5) is 26.9. The first-order valence-electron chi connectivity index (χ1n) is 22.8. The summed E-state index contributed by atoms with van der Waals surface area (Å²) < 4.78 is 23.1. The van der Waals surface area contributed by atoms with Crippen molar-refractivity contribution < 1.29 is 33.6 Å². The number of esters is 2. The molecule has 1 N–H and O–H groups in total. The molecule has 320 valence electrons. The van der Waals surface area contributed by atoms with E-state index in [1.165, 1.54) is 69.8 Å². The van der Waals surface area contributed by atoms with E-state index in [0.717, 1.165) is 103 Å². The maximum atomic E-state index is 12.5. The monoisotopic (exact) mass is 768 g/mol. The van der Waals surface area contributed by atoms with Crippen LogP contribution in [0.25, 0.3) is 0 Å². The first-order chi connectivity index (χ1) is 26.3. The van der Waals surface area contributed by atoms with Gasteiger partial charge in [0.05, 0.1) is 26.2 Å². The van der Waals surface area contributed by atoms with Crippen LogP contribution in [0.4, 0.5) is 0 Å². The van der Waals surface area contributed by atoms with Gasteiger partial charge in [0.1, 0.15) is 0 Å². The molecule has 0 amide bonds. The van der Waals surface area contributed by atoms with Crippen LogP contribution in [0, 0.1) is 5.92 Å². The lowest BCUT2D eigenvalue weighted by Crippen LogP contribution is -2.29. The summed E-state index contributed by atoms with van der Waals surface area (Å²) in [6.45, 7) is 16.2. The number of unbranched alkanes of at least 4 members (excludes halogenated alkanes) is 17. The molecule has 0 aliphatic rings. The third-order valence-electron chi connectivity index (χ3n) is 10.2. The number of hydrogen-bond donors (Lipinski definition) is 1. The number of carbonyl (C=O) groups excluding carboxylic acids is 2. The van der Waals surface area contributed by atoms with E-state index in [0.29, 0.717) is 58.2 Å². The highest BCUT2D eigenvalue weighted by atomic mass is 16.7. The van der Waals surface area contributed by atoms with Crippen LogP contribution in [-0.2, 0) is 28.5 Å². The van der Waals surface area contributed by atoms with E-state index in [-0.39, 0.29) is 24.8 Å². The Morgan fingerprint density at radius 3 is 1.59 bits per heavy atom. The van der Waals surface area contributed by atoms with E-state index >= 15 is 0 Å². The van der Waals surface area contributed by atoms with Crippen LogP contribution in [0.3, 0.4) is 0 Å². The molecule has 0 rings (SSSR count). The molecule has 8 heteroatoms. The predicted octanol–water partition coefficient (Wildman–Crippen LogP) is 11.9. The normalized spacial score (nSPS) is 12.1. The van der Waals surface area contributed by atoms with Crippen molar-refractivity contribution in [2.24, 2.45) is 5.92 Å². The van der Waals surface area contributed by atoms with Gasteiger partial charge in [-0.2, -0.15) is 0 Å². The second-order valence-electron chi connectivity index (χ2n) is 15.9. The summed E-state index contributed by atoms with van der Waals surface area (Å²) in [5, 5.41) is 9.54. The minimum atomic E-state index is -0.326. The van der Waals surface area contributed by atoms with Crippen molar-refractivity contribution in [2.75, 3.05) is 52.7 Å². The topological polar surface area (TPSA) is 94.5 Å². The number of aliphatic hydroxyl groups is 1. The molecular weight excluding hydrogens is 679 g/mol. The van der Waals surface area contributed by atoms with E-state index in [1.807, 2.05) is 0 Å². The van der Waals surface area contributed by atoms with Gasteiger partial charge in [0.15, 0.2) is 6.29 Å². The molecule has 0 spiro atoms. The number of nitrogens with zero attached hydrogens (tertiary/aromatic N) is 1. The highest BCUT2D eigenvalue weighted by Crippen LogP contribution is 2.15. The number of aliphatic hydroxyl groups excluding tert-OH is 1. The number of rotatable bonds is 42. The van der Waals surface area contributed by atoms with Gasteiger partial charge < -0.3 is 29.0 Å². The molecule has 0 bridgehead atoms. The van der Waals surface area contributed by atoms with E-state index in [2.05, 4.69) is 45.6 Å². The number of ether oxygens (including phenoxy) is 4. The Labute approximate surface area is 334 Å². The van der Waals surface area contributed by atoms with Crippen LogP contribution in [-0.4, -0.2) is 80.9 Å². The summed E-state index contributed by atoms with van der Waals surface area (Å²) in [6, 6.07) is 0. The summed E-state index contributed by atoms with van der Waals surface area (Å²) >= 11 is 0. The van der Waals surface area contributed by atoms with Crippen molar-refractivity contribution >= 4 is 11.9 Å². The van der Waals surface area contributed by atoms with Crippen LogP contribution in [0.1, 0.15) is 208 Å². The zero-order chi connectivity index (χ0) is 39.7. The Morgan fingerprint density at radius 2 is 1.04 bits per heavy atom. The van der Waals surface area contributed by atoms with Crippen LogP contribution >= 0.6 is 0 Å². The molecular formula is C46H89NO7. The predicted molar refractivity (Wildman–Crippen MR) is 226 cm³/mol. The van der Waals surface area contributed by atoms with Crippen LogP contribution < -0.4 is 0 Å². The maximum absolute atomic E-state index is 12.5. The SMILES string of the molecule is CCCCCCCCOC(CCC(=O)OCCCCCCN(CCO)CCCCCCCC(=O)OCCC(C)CCC=C(C)C)OCCCCCCCC. The van der Waals surface area contributed by atoms with Gasteiger partial charge in [0.2, 0.25) is 0 Å². The fourth-order valence-electron chi connectivity index (χ4n) is 6.55. The van der Waals surface area contributed by atoms with Gasteiger partial charge in [-0.25, -0.2) is 0 Å². The molecule has 0 saturated heterocycles. The lowest BCUT2D eigenvalue weighted by atomic mass is 10.0. The lowest BCUT2D eigenvalue weighted by molar-refractivity contribution is -0.159. The van der Waals surface area contributed by atoms with Crippen molar-refractivity contribution in [3.8, 4) is 0 Å². The number of carbonyl (C=O) groups is 2. The minimum absolute atomic E-state index is 0.0594. The van der Waals surface area contributed by atoms with Crippen molar-refractivity contribution in [1.82, 2.24) is 4.90 Å². The Balaban J connectivity index is 4.01. The van der Waals surface area contributed by atoms with Crippen molar-refractivity contribution in [2.45, 2.75) is 214 Å². The highest BCUT2D eigenvalue weighted by molar-refractivity contribution is 5.69. The molecule has 0 saturated carbocycles. The molecule has 0 heterocycles. The zero-order valence-electron chi connectivity index (χ0n) is 36.3. The lowest BCUT2D eigenvalue weighted by Gasteiger charge is -2.21. The van der Waals surface area contributed by atoms with E-state index < -0.39 is 0 Å². The summed E-state index contributed by atoms with van der Waals surface area (Å²) in [6.07, 6.45) is 30.6. The molecule has 0 fully saturated rings. The Kier molecular flexibility index (Phi) is 40.0. The maximum Gasteiger partial charge on any atom is 0.305 e. The molecule has 0 aromatic rings. The fraction of sp³-hybridized carbons (Fsp3) is 0.913. The van der Waals surface area contributed by atoms with Gasteiger partial charge in [-0.05, 0) is 90.6 Å². The third-order valence-corrected chi connectivity index (χ3v) is 10.2. The van der Waals surface area contributed by atoms with E-state index in [1.54, 1.807) is 0 Å². The Hall–Kier alpha value is -1.48. The first-order valence-corrected chi connectivity index (χ1v) is 22.8. The highest BCUT2D eigenvalue weighted by Gasteiger charge is 2.14. The Morgan fingerprint density at radius 1 is 0.556 bits per heavy atom. The smallest absolute Gasteiger partial charge is 0.305 e. The van der Waals surface area contributed by atoms with Crippen LogP contribution in [0.5, 0.6) is 0 Å². The van der Waals surface area contributed by atoms with Crippen molar-refractivity contribution in [3.63, 3.8) is 0 Å². The number of allylic oxidation sites excluding steroid dienone is 2. The van der Waals surface area contributed by atoms with Gasteiger partial charge in [-0.1, -0.05) is 129 Å². The first kappa shape index (κ1) is 52.5. The average Bonchev–Trinajstić information content (AvgIpc) is 3.14. The molecule has 1 unspecified atom stereocenters. The zero-order valence-corrected chi connectivity index (χ0v) is 36.3. The third kappa shape index (κ3) is 38.8. The van der Waals surface area contributed by atoms with E-state index in [4.69, 9.17) is 18.9 Å². The molecule has 0 aromatic heterocycles. The molecule has 8 nitrogen and oxygen atoms in total. The molecule has 0 aromatic carbocycles. The second kappa shape index (κ2) is 41.2. The Bertz CT molecular complexity index is 829. The minimum Gasteiger partial charge on any atom is -0.466 e. The van der Waals surface area contributed by atoms with Crippen LogP contribution in [0.2, 0.25) is 0 Å².